The summed E-state index contributed by atoms with van der Waals surface area (Å²) in [7, 11) is 0. The zero-order chi connectivity index (χ0) is 15.5. The molecule has 0 fully saturated rings. The number of aromatic nitrogens is 2. The number of rotatable bonds is 3. The zero-order valence-corrected chi connectivity index (χ0v) is 11.8. The van der Waals surface area contributed by atoms with Crippen LogP contribution >= 0.6 is 0 Å². The Hall–Kier alpha value is -3.33. The van der Waals surface area contributed by atoms with Crippen LogP contribution in [-0.2, 0) is 0 Å². The van der Waals surface area contributed by atoms with E-state index in [1.54, 1.807) is 42.2 Å². The Kier molecular flexibility index (Phi) is 3.46. The maximum absolute atomic E-state index is 12.4. The zero-order valence-electron chi connectivity index (χ0n) is 11.8. The number of nitrogens with zero attached hydrogens (tertiary/aromatic N) is 3. The van der Waals surface area contributed by atoms with E-state index in [1.165, 1.54) is 6.20 Å². The first-order valence-electron chi connectivity index (χ1n) is 6.59. The van der Waals surface area contributed by atoms with Gasteiger partial charge >= 0.3 is 0 Å². The molecule has 0 aromatic carbocycles. The van der Waals surface area contributed by atoms with E-state index in [1.807, 2.05) is 18.2 Å². The van der Waals surface area contributed by atoms with Crippen LogP contribution in [0.15, 0.2) is 53.5 Å². The molecule has 0 unspecified atom stereocenters. The van der Waals surface area contributed by atoms with Crippen molar-refractivity contribution in [1.29, 1.82) is 5.26 Å². The van der Waals surface area contributed by atoms with Crippen LogP contribution in [0.25, 0.3) is 5.88 Å². The Morgan fingerprint density at radius 1 is 1.36 bits per heavy atom. The number of nitrogens with one attached hydrogen (secondary N) is 1. The van der Waals surface area contributed by atoms with E-state index in [4.69, 9.17) is 4.42 Å². The third-order valence-electron chi connectivity index (χ3n) is 3.16. The van der Waals surface area contributed by atoms with Crippen molar-refractivity contribution in [1.82, 2.24) is 9.55 Å². The van der Waals surface area contributed by atoms with Crippen molar-refractivity contribution in [2.45, 2.75) is 6.92 Å². The number of anilines is 1. The van der Waals surface area contributed by atoms with Crippen LogP contribution < -0.4 is 5.32 Å². The normalized spacial score (nSPS) is 10.2. The van der Waals surface area contributed by atoms with Gasteiger partial charge in [0.05, 0.1) is 11.9 Å². The van der Waals surface area contributed by atoms with Crippen molar-refractivity contribution in [2.75, 3.05) is 5.32 Å². The molecule has 0 saturated heterocycles. The number of amides is 1. The van der Waals surface area contributed by atoms with Gasteiger partial charge in [0, 0.05) is 18.6 Å². The summed E-state index contributed by atoms with van der Waals surface area (Å²) < 4.78 is 7.26. The lowest BCUT2D eigenvalue weighted by Crippen LogP contribution is -2.14. The molecule has 0 radical (unpaired) electrons. The fourth-order valence-electron chi connectivity index (χ4n) is 2.19. The van der Waals surface area contributed by atoms with E-state index in [-0.39, 0.29) is 11.1 Å². The summed E-state index contributed by atoms with van der Waals surface area (Å²) in [5.41, 5.74) is 0.990. The van der Waals surface area contributed by atoms with Crippen LogP contribution in [-0.4, -0.2) is 15.5 Å². The van der Waals surface area contributed by atoms with Gasteiger partial charge in [0.25, 0.3) is 5.91 Å². The molecule has 3 rings (SSSR count). The van der Waals surface area contributed by atoms with Crippen LogP contribution in [0.4, 0.5) is 5.69 Å². The third kappa shape index (κ3) is 2.36. The van der Waals surface area contributed by atoms with Gasteiger partial charge in [0.2, 0.25) is 5.88 Å². The average molecular weight is 292 g/mol. The Morgan fingerprint density at radius 3 is 2.77 bits per heavy atom. The Morgan fingerprint density at radius 2 is 2.14 bits per heavy atom. The van der Waals surface area contributed by atoms with Crippen LogP contribution in [0.2, 0.25) is 0 Å². The molecular weight excluding hydrogens is 280 g/mol. The van der Waals surface area contributed by atoms with Crippen molar-refractivity contribution in [3.8, 4) is 12.0 Å². The van der Waals surface area contributed by atoms with E-state index in [0.717, 1.165) is 0 Å². The summed E-state index contributed by atoms with van der Waals surface area (Å²) in [6.45, 7) is 1.66. The highest BCUT2D eigenvalue weighted by molar-refractivity contribution is 6.07. The number of carbonyl (C=O) groups is 1. The molecule has 0 aliphatic heterocycles. The van der Waals surface area contributed by atoms with Gasteiger partial charge < -0.3 is 9.73 Å². The van der Waals surface area contributed by atoms with Gasteiger partial charge in [-0.15, -0.1) is 0 Å². The van der Waals surface area contributed by atoms with Gasteiger partial charge in [0.15, 0.2) is 0 Å². The number of aryl methyl sites for hydroxylation is 1. The number of pyridine rings is 1. The Bertz CT molecular complexity index is 842. The molecule has 6 heteroatoms. The minimum Gasteiger partial charge on any atom is -0.443 e. The first-order chi connectivity index (χ1) is 10.7. The summed E-state index contributed by atoms with van der Waals surface area (Å²) in [6.07, 6.45) is 6.65. The molecule has 0 spiro atoms. The van der Waals surface area contributed by atoms with Crippen molar-refractivity contribution >= 4 is 11.6 Å². The van der Waals surface area contributed by atoms with Crippen LogP contribution in [0, 0.1) is 18.3 Å². The first-order valence-corrected chi connectivity index (χ1v) is 6.59. The summed E-state index contributed by atoms with van der Waals surface area (Å²) in [6, 6.07) is 9.11. The maximum Gasteiger partial charge on any atom is 0.260 e. The smallest absolute Gasteiger partial charge is 0.260 e. The highest BCUT2D eigenvalue weighted by atomic mass is 16.4. The lowest BCUT2D eigenvalue weighted by molar-refractivity contribution is 0.102. The highest BCUT2D eigenvalue weighted by Gasteiger charge is 2.24. The molecule has 0 aliphatic carbocycles. The summed E-state index contributed by atoms with van der Waals surface area (Å²) in [4.78, 5) is 16.4. The molecule has 3 heterocycles. The van der Waals surface area contributed by atoms with Crippen molar-refractivity contribution in [3.63, 3.8) is 0 Å². The monoisotopic (exact) mass is 292 g/mol. The lowest BCUT2D eigenvalue weighted by Gasteiger charge is -2.03. The third-order valence-corrected chi connectivity index (χ3v) is 3.16. The summed E-state index contributed by atoms with van der Waals surface area (Å²) in [5.74, 6) is 0.326. The van der Waals surface area contributed by atoms with Crippen LogP contribution in [0.3, 0.4) is 0 Å². The summed E-state index contributed by atoms with van der Waals surface area (Å²) in [5, 5.41) is 12.1. The van der Waals surface area contributed by atoms with Crippen molar-refractivity contribution in [2.24, 2.45) is 0 Å². The number of nitriles is 1. The maximum atomic E-state index is 12.4. The van der Waals surface area contributed by atoms with Gasteiger partial charge in [-0.05, 0) is 31.2 Å². The van der Waals surface area contributed by atoms with Crippen LogP contribution in [0.1, 0.15) is 21.7 Å². The average Bonchev–Trinajstić information content (AvgIpc) is 3.15. The molecule has 3 aromatic rings. The minimum atomic E-state index is -0.399. The topological polar surface area (TPSA) is 83.8 Å². The Balaban J connectivity index is 2.01. The van der Waals surface area contributed by atoms with Crippen LogP contribution in [0.5, 0.6) is 0 Å². The molecule has 3 aromatic heterocycles. The van der Waals surface area contributed by atoms with E-state index < -0.39 is 5.91 Å². The van der Waals surface area contributed by atoms with Crippen molar-refractivity contribution in [3.05, 3.63) is 65.9 Å². The molecule has 0 bridgehead atoms. The standard InChI is InChI=1S/C16H12N4O2/c1-11-14(15(21)19-12-5-4-6-18-10-12)13(9-17)16(22-11)20-7-2-3-8-20/h2-8,10H,1H3,(H,19,21). The second-order valence-electron chi connectivity index (χ2n) is 4.61. The quantitative estimate of drug-likeness (QED) is 0.804. The van der Waals surface area contributed by atoms with E-state index in [2.05, 4.69) is 10.3 Å². The lowest BCUT2D eigenvalue weighted by atomic mass is 10.1. The van der Waals surface area contributed by atoms with Gasteiger partial charge in [-0.2, -0.15) is 5.26 Å². The number of carbonyl (C=O) groups excluding carboxylic acids is 1. The molecule has 0 aliphatic rings. The summed E-state index contributed by atoms with van der Waals surface area (Å²) >= 11 is 0. The van der Waals surface area contributed by atoms with E-state index in [9.17, 15) is 10.1 Å². The molecule has 0 saturated carbocycles. The van der Waals surface area contributed by atoms with Crippen molar-refractivity contribution < 1.29 is 9.21 Å². The molecule has 1 N–H and O–H groups in total. The van der Waals surface area contributed by atoms with Gasteiger partial charge in [-0.25, -0.2) is 0 Å². The number of hydrogen-bond donors (Lipinski definition) is 1. The second-order valence-corrected chi connectivity index (χ2v) is 4.61. The first kappa shape index (κ1) is 13.6. The predicted octanol–water partition coefficient (Wildman–Crippen LogP) is 2.90. The molecular formula is C16H12N4O2. The predicted molar refractivity (Wildman–Crippen MR) is 79.7 cm³/mol. The molecule has 22 heavy (non-hydrogen) atoms. The van der Waals surface area contributed by atoms with E-state index in [0.29, 0.717) is 17.3 Å². The molecule has 6 nitrogen and oxygen atoms in total. The fraction of sp³-hybridized carbons (Fsp3) is 0.0625. The fourth-order valence-corrected chi connectivity index (χ4v) is 2.19. The van der Waals surface area contributed by atoms with E-state index >= 15 is 0 Å². The Labute approximate surface area is 126 Å². The number of hydrogen-bond acceptors (Lipinski definition) is 4. The second kappa shape index (κ2) is 5.58. The minimum absolute atomic E-state index is 0.204. The van der Waals surface area contributed by atoms with Gasteiger partial charge in [0.1, 0.15) is 23.0 Å². The van der Waals surface area contributed by atoms with Gasteiger partial charge in [-0.1, -0.05) is 0 Å². The van der Waals surface area contributed by atoms with Gasteiger partial charge in [-0.3, -0.25) is 14.3 Å². The SMILES string of the molecule is Cc1oc(-n2cccc2)c(C#N)c1C(=O)Nc1cccnc1. The molecule has 1 amide bonds. The molecule has 0 atom stereocenters. The number of furan rings is 1. The largest absolute Gasteiger partial charge is 0.443 e. The highest BCUT2D eigenvalue weighted by Crippen LogP contribution is 2.26. The molecule has 108 valence electrons.